The first-order valence-corrected chi connectivity index (χ1v) is 9.51. The van der Waals surface area contributed by atoms with Crippen molar-refractivity contribution in [1.82, 2.24) is 5.32 Å². The van der Waals surface area contributed by atoms with Gasteiger partial charge < -0.3 is 10.4 Å². The second kappa shape index (κ2) is 7.40. The van der Waals surface area contributed by atoms with Crippen LogP contribution in [0.15, 0.2) is 41.8 Å². The maximum atomic E-state index is 12.6. The summed E-state index contributed by atoms with van der Waals surface area (Å²) in [6, 6.07) is 12.0. The number of carbonyl (C=O) groups excluding carboxylic acids is 1. The van der Waals surface area contributed by atoms with E-state index in [0.29, 0.717) is 18.8 Å². The van der Waals surface area contributed by atoms with Crippen LogP contribution in [-0.4, -0.2) is 17.0 Å². The van der Waals surface area contributed by atoms with Crippen molar-refractivity contribution in [3.63, 3.8) is 0 Å². The van der Waals surface area contributed by atoms with E-state index >= 15 is 0 Å². The Morgan fingerprint density at radius 3 is 2.20 bits per heavy atom. The van der Waals surface area contributed by atoms with E-state index in [4.69, 9.17) is 0 Å². The van der Waals surface area contributed by atoms with Gasteiger partial charge in [-0.25, -0.2) is 0 Å². The van der Waals surface area contributed by atoms with Crippen LogP contribution >= 0.6 is 11.3 Å². The van der Waals surface area contributed by atoms with Crippen LogP contribution in [0.4, 0.5) is 0 Å². The van der Waals surface area contributed by atoms with Crippen molar-refractivity contribution in [2.45, 2.75) is 38.6 Å². The van der Waals surface area contributed by atoms with E-state index in [1.54, 1.807) is 11.3 Å². The Morgan fingerprint density at radius 2 is 1.72 bits per heavy atom. The largest absolute Gasteiger partial charge is 0.481 e. The lowest BCUT2D eigenvalue weighted by molar-refractivity contribution is -0.152. The summed E-state index contributed by atoms with van der Waals surface area (Å²) in [5, 5.41) is 14.3. The fourth-order valence-electron chi connectivity index (χ4n) is 3.21. The Kier molecular flexibility index (Phi) is 5.23. The topological polar surface area (TPSA) is 66.4 Å². The molecule has 3 atom stereocenters. The number of carboxylic acid groups (broad SMARTS) is 1. The van der Waals surface area contributed by atoms with E-state index in [0.717, 1.165) is 10.4 Å². The summed E-state index contributed by atoms with van der Waals surface area (Å²) in [7, 11) is 0. The molecule has 5 heteroatoms. The standard InChI is InChI=1S/C20H23NO3S/c1-12(2)13-5-7-14(8-6-13)18(17-4-3-11-25-17)21-19(22)15-9-10-16(15)20(23)24/h3-8,11-12,15-16,18H,9-10H2,1-2H3,(H,21,22)(H,23,24). The third kappa shape index (κ3) is 3.76. The smallest absolute Gasteiger partial charge is 0.307 e. The van der Waals surface area contributed by atoms with Gasteiger partial charge in [-0.15, -0.1) is 11.3 Å². The van der Waals surface area contributed by atoms with Crippen LogP contribution < -0.4 is 5.32 Å². The van der Waals surface area contributed by atoms with Gasteiger partial charge in [0.05, 0.1) is 17.9 Å². The molecule has 1 aromatic carbocycles. The summed E-state index contributed by atoms with van der Waals surface area (Å²) in [5.41, 5.74) is 2.27. The zero-order chi connectivity index (χ0) is 18.0. The third-order valence-corrected chi connectivity index (χ3v) is 5.92. The highest BCUT2D eigenvalue weighted by Gasteiger charge is 2.42. The Morgan fingerprint density at radius 1 is 1.08 bits per heavy atom. The number of benzene rings is 1. The summed E-state index contributed by atoms with van der Waals surface area (Å²) in [4.78, 5) is 24.9. The van der Waals surface area contributed by atoms with Crippen molar-refractivity contribution >= 4 is 23.2 Å². The third-order valence-electron chi connectivity index (χ3n) is 4.98. The van der Waals surface area contributed by atoms with Crippen LogP contribution in [0.25, 0.3) is 0 Å². The van der Waals surface area contributed by atoms with Gasteiger partial charge in [0.25, 0.3) is 0 Å². The Bertz CT molecular complexity index is 737. The van der Waals surface area contributed by atoms with Crippen LogP contribution in [0, 0.1) is 11.8 Å². The van der Waals surface area contributed by atoms with Crippen LogP contribution in [0.1, 0.15) is 54.7 Å². The second-order valence-corrected chi connectivity index (χ2v) is 7.89. The van der Waals surface area contributed by atoms with Gasteiger partial charge in [-0.3, -0.25) is 9.59 Å². The molecule has 1 aliphatic rings. The normalized spacial score (nSPS) is 20.8. The Hall–Kier alpha value is -2.14. The van der Waals surface area contributed by atoms with Crippen molar-refractivity contribution in [3.8, 4) is 0 Å². The average molecular weight is 357 g/mol. The molecule has 0 spiro atoms. The highest BCUT2D eigenvalue weighted by molar-refractivity contribution is 7.10. The fourth-order valence-corrected chi connectivity index (χ4v) is 4.01. The number of hydrogen-bond acceptors (Lipinski definition) is 3. The molecule has 1 aromatic heterocycles. The van der Waals surface area contributed by atoms with Crippen LogP contribution in [0.5, 0.6) is 0 Å². The molecule has 132 valence electrons. The molecule has 3 rings (SSSR count). The van der Waals surface area contributed by atoms with E-state index in [2.05, 4.69) is 43.4 Å². The van der Waals surface area contributed by atoms with Gasteiger partial charge in [0.2, 0.25) is 5.91 Å². The van der Waals surface area contributed by atoms with Gasteiger partial charge in [-0.1, -0.05) is 44.2 Å². The molecule has 1 amide bonds. The van der Waals surface area contributed by atoms with Crippen LogP contribution in [0.2, 0.25) is 0 Å². The van der Waals surface area contributed by atoms with Crippen molar-refractivity contribution in [2.24, 2.45) is 11.8 Å². The molecule has 0 saturated heterocycles. The van der Waals surface area contributed by atoms with E-state index in [1.807, 2.05) is 17.5 Å². The summed E-state index contributed by atoms with van der Waals surface area (Å²) < 4.78 is 0. The van der Waals surface area contributed by atoms with E-state index in [9.17, 15) is 14.7 Å². The van der Waals surface area contributed by atoms with Crippen LogP contribution in [0.3, 0.4) is 0 Å². The average Bonchev–Trinajstić information content (AvgIpc) is 3.05. The molecular weight excluding hydrogens is 334 g/mol. The van der Waals surface area contributed by atoms with Gasteiger partial charge in [0.15, 0.2) is 0 Å². The van der Waals surface area contributed by atoms with Gasteiger partial charge in [-0.05, 0) is 41.3 Å². The maximum absolute atomic E-state index is 12.6. The molecule has 1 saturated carbocycles. The molecule has 0 radical (unpaired) electrons. The number of carboxylic acids is 1. The molecular formula is C20H23NO3S. The molecule has 4 nitrogen and oxygen atoms in total. The van der Waals surface area contributed by atoms with Crippen molar-refractivity contribution in [3.05, 3.63) is 57.8 Å². The molecule has 2 N–H and O–H groups in total. The molecule has 1 heterocycles. The molecule has 0 bridgehead atoms. The maximum Gasteiger partial charge on any atom is 0.307 e. The number of carbonyl (C=O) groups is 2. The quantitative estimate of drug-likeness (QED) is 0.815. The predicted octanol–water partition coefficient (Wildman–Crippen LogP) is 4.19. The Balaban J connectivity index is 1.81. The highest BCUT2D eigenvalue weighted by atomic mass is 32.1. The highest BCUT2D eigenvalue weighted by Crippen LogP contribution is 2.36. The summed E-state index contributed by atoms with van der Waals surface area (Å²) in [6.07, 6.45) is 1.23. The van der Waals surface area contributed by atoms with Gasteiger partial charge in [0, 0.05) is 4.88 Å². The minimum Gasteiger partial charge on any atom is -0.481 e. The number of amides is 1. The number of aliphatic carboxylic acids is 1. The molecule has 2 aromatic rings. The lowest BCUT2D eigenvalue weighted by Gasteiger charge is -2.33. The number of nitrogens with one attached hydrogen (secondary N) is 1. The van der Waals surface area contributed by atoms with Gasteiger partial charge >= 0.3 is 5.97 Å². The molecule has 1 aliphatic carbocycles. The predicted molar refractivity (Wildman–Crippen MR) is 98.7 cm³/mol. The summed E-state index contributed by atoms with van der Waals surface area (Å²) >= 11 is 1.59. The van der Waals surface area contributed by atoms with Crippen LogP contribution in [-0.2, 0) is 9.59 Å². The van der Waals surface area contributed by atoms with Crippen molar-refractivity contribution in [2.75, 3.05) is 0 Å². The SMILES string of the molecule is CC(C)c1ccc(C(NC(=O)C2CCC2C(=O)O)c2cccs2)cc1. The first kappa shape index (κ1) is 17.7. The molecule has 3 unspecified atom stereocenters. The molecule has 0 aliphatic heterocycles. The zero-order valence-electron chi connectivity index (χ0n) is 14.4. The first-order chi connectivity index (χ1) is 12.0. The van der Waals surface area contributed by atoms with Gasteiger partial charge in [-0.2, -0.15) is 0 Å². The van der Waals surface area contributed by atoms with E-state index in [-0.39, 0.29) is 11.9 Å². The Labute approximate surface area is 151 Å². The minimum absolute atomic E-state index is 0.162. The van der Waals surface area contributed by atoms with E-state index in [1.165, 1.54) is 5.56 Å². The van der Waals surface area contributed by atoms with Crippen molar-refractivity contribution in [1.29, 1.82) is 0 Å². The summed E-state index contributed by atoms with van der Waals surface area (Å²) in [6.45, 7) is 4.30. The number of hydrogen-bond donors (Lipinski definition) is 2. The van der Waals surface area contributed by atoms with Crippen molar-refractivity contribution < 1.29 is 14.7 Å². The second-order valence-electron chi connectivity index (χ2n) is 6.91. The summed E-state index contributed by atoms with van der Waals surface area (Å²) in [5.74, 6) is -1.55. The monoisotopic (exact) mass is 357 g/mol. The zero-order valence-corrected chi connectivity index (χ0v) is 15.3. The van der Waals surface area contributed by atoms with E-state index < -0.39 is 17.8 Å². The first-order valence-electron chi connectivity index (χ1n) is 8.63. The van der Waals surface area contributed by atoms with Gasteiger partial charge in [0.1, 0.15) is 0 Å². The molecule has 25 heavy (non-hydrogen) atoms. The fraction of sp³-hybridized carbons (Fsp3) is 0.400. The molecule has 1 fully saturated rings. The lowest BCUT2D eigenvalue weighted by Crippen LogP contribution is -2.45. The minimum atomic E-state index is -0.875. The number of rotatable bonds is 6. The number of thiophene rings is 1. The lowest BCUT2D eigenvalue weighted by atomic mass is 9.73.